The number of rotatable bonds is 2. The molecule has 0 spiro atoms. The van der Waals surface area contributed by atoms with Crippen molar-refractivity contribution in [1.29, 1.82) is 0 Å². The molecule has 0 saturated carbocycles. The first-order valence-corrected chi connectivity index (χ1v) is 5.33. The van der Waals surface area contributed by atoms with Crippen LogP contribution in [0, 0.1) is 5.92 Å². The smallest absolute Gasteiger partial charge is 0.149 e. The molecule has 0 saturated heterocycles. The molecule has 0 aliphatic carbocycles. The van der Waals surface area contributed by atoms with Crippen LogP contribution >= 0.6 is 0 Å². The molecule has 2 rings (SSSR count). The van der Waals surface area contributed by atoms with Gasteiger partial charge in [-0.2, -0.15) is 0 Å². The molecular formula is C11H17N3. The van der Waals surface area contributed by atoms with Gasteiger partial charge in [-0.15, -0.1) is 0 Å². The van der Waals surface area contributed by atoms with Crippen molar-refractivity contribution in [2.45, 2.75) is 19.8 Å². The van der Waals surface area contributed by atoms with Crippen LogP contribution in [0.3, 0.4) is 0 Å². The van der Waals surface area contributed by atoms with Crippen molar-refractivity contribution in [3.63, 3.8) is 0 Å². The number of nitrogens with zero attached hydrogens (tertiary/aromatic N) is 1. The van der Waals surface area contributed by atoms with Crippen molar-refractivity contribution in [1.82, 2.24) is 4.98 Å². The summed E-state index contributed by atoms with van der Waals surface area (Å²) in [5, 5.41) is 6.82. The van der Waals surface area contributed by atoms with E-state index in [9.17, 15) is 0 Å². The van der Waals surface area contributed by atoms with Crippen LogP contribution in [-0.2, 0) is 0 Å². The van der Waals surface area contributed by atoms with E-state index in [4.69, 9.17) is 0 Å². The van der Waals surface area contributed by atoms with Gasteiger partial charge in [0.05, 0.1) is 5.69 Å². The summed E-state index contributed by atoms with van der Waals surface area (Å²) in [7, 11) is 0. The summed E-state index contributed by atoms with van der Waals surface area (Å²) >= 11 is 0. The van der Waals surface area contributed by atoms with Gasteiger partial charge in [-0.25, -0.2) is 4.98 Å². The molecule has 0 amide bonds. The van der Waals surface area contributed by atoms with E-state index >= 15 is 0 Å². The number of hydrogen-bond acceptors (Lipinski definition) is 3. The number of nitrogens with one attached hydrogen (secondary N) is 2. The van der Waals surface area contributed by atoms with Gasteiger partial charge in [-0.1, -0.05) is 13.3 Å². The summed E-state index contributed by atoms with van der Waals surface area (Å²) in [5.74, 6) is 1.71. The molecule has 76 valence electrons. The van der Waals surface area contributed by atoms with Crippen molar-refractivity contribution in [2.24, 2.45) is 5.92 Å². The van der Waals surface area contributed by atoms with Crippen LogP contribution in [0.2, 0.25) is 0 Å². The van der Waals surface area contributed by atoms with Gasteiger partial charge in [0.2, 0.25) is 0 Å². The summed E-state index contributed by atoms with van der Waals surface area (Å²) in [6.07, 6.45) is 4.35. The third kappa shape index (κ3) is 1.97. The molecular weight excluding hydrogens is 174 g/mol. The van der Waals surface area contributed by atoms with Gasteiger partial charge in [-0.05, 0) is 24.5 Å². The van der Waals surface area contributed by atoms with Crippen LogP contribution in [0.15, 0.2) is 18.3 Å². The Labute approximate surface area is 84.9 Å². The lowest BCUT2D eigenvalue weighted by Gasteiger charge is -2.12. The predicted molar refractivity (Wildman–Crippen MR) is 59.6 cm³/mol. The Kier molecular flexibility index (Phi) is 2.87. The maximum Gasteiger partial charge on any atom is 0.149 e. The lowest BCUT2D eigenvalue weighted by molar-refractivity contribution is 0.531. The Bertz CT molecular complexity index is 271. The number of aromatic nitrogens is 1. The molecule has 0 aromatic carbocycles. The molecule has 2 N–H and O–H groups in total. The molecule has 1 aliphatic heterocycles. The average molecular weight is 191 g/mol. The quantitative estimate of drug-likeness (QED) is 0.753. The maximum absolute atomic E-state index is 4.30. The van der Waals surface area contributed by atoms with Gasteiger partial charge >= 0.3 is 0 Å². The van der Waals surface area contributed by atoms with Gasteiger partial charge in [0.25, 0.3) is 0 Å². The Morgan fingerprint density at radius 2 is 2.29 bits per heavy atom. The Balaban J connectivity index is 2.06. The topological polar surface area (TPSA) is 37.0 Å². The monoisotopic (exact) mass is 191 g/mol. The van der Waals surface area contributed by atoms with Crippen molar-refractivity contribution in [2.75, 3.05) is 23.7 Å². The highest BCUT2D eigenvalue weighted by Gasteiger charge is 2.14. The zero-order valence-corrected chi connectivity index (χ0v) is 8.59. The predicted octanol–water partition coefficient (Wildman–Crippen LogP) is 2.34. The maximum atomic E-state index is 4.30. The van der Waals surface area contributed by atoms with Gasteiger partial charge < -0.3 is 10.6 Å². The third-order valence-electron chi connectivity index (χ3n) is 2.64. The fourth-order valence-corrected chi connectivity index (χ4v) is 1.87. The molecule has 0 bridgehead atoms. The van der Waals surface area contributed by atoms with Crippen LogP contribution < -0.4 is 10.6 Å². The fourth-order valence-electron chi connectivity index (χ4n) is 1.87. The summed E-state index contributed by atoms with van der Waals surface area (Å²) in [6.45, 7) is 4.32. The second-order valence-corrected chi connectivity index (χ2v) is 3.82. The molecule has 14 heavy (non-hydrogen) atoms. The molecule has 3 nitrogen and oxygen atoms in total. The summed E-state index contributed by atoms with van der Waals surface area (Å²) in [6, 6.07) is 4.04. The molecule has 1 aromatic rings. The van der Waals surface area contributed by atoms with Gasteiger partial charge in [0, 0.05) is 19.3 Å². The summed E-state index contributed by atoms with van der Waals surface area (Å²) in [5.41, 5.74) is 1.13. The summed E-state index contributed by atoms with van der Waals surface area (Å²) in [4.78, 5) is 4.30. The standard InChI is InChI=1S/C11H17N3/c1-2-4-9-7-13-10-5-3-6-12-11(10)14-8-9/h3,5-6,9,13H,2,4,7-8H2,1H3,(H,12,14). The highest BCUT2D eigenvalue weighted by molar-refractivity contribution is 5.64. The Morgan fingerprint density at radius 1 is 1.43 bits per heavy atom. The largest absolute Gasteiger partial charge is 0.382 e. The number of fused-ring (bicyclic) bond motifs is 1. The van der Waals surface area contributed by atoms with Crippen molar-refractivity contribution in [3.05, 3.63) is 18.3 Å². The first kappa shape index (κ1) is 9.31. The highest BCUT2D eigenvalue weighted by atomic mass is 15.1. The van der Waals surface area contributed by atoms with E-state index in [0.29, 0.717) is 5.92 Å². The van der Waals surface area contributed by atoms with E-state index in [2.05, 4.69) is 28.6 Å². The second-order valence-electron chi connectivity index (χ2n) is 3.82. The van der Waals surface area contributed by atoms with Gasteiger partial charge in [0.1, 0.15) is 5.82 Å². The zero-order chi connectivity index (χ0) is 9.80. The third-order valence-corrected chi connectivity index (χ3v) is 2.64. The lowest BCUT2D eigenvalue weighted by atomic mass is 10.0. The first-order chi connectivity index (χ1) is 6.90. The molecule has 1 atom stereocenters. The fraction of sp³-hybridized carbons (Fsp3) is 0.545. The van der Waals surface area contributed by atoms with Crippen molar-refractivity contribution < 1.29 is 0 Å². The second kappa shape index (κ2) is 4.31. The minimum absolute atomic E-state index is 0.717. The van der Waals surface area contributed by atoms with Gasteiger partial charge in [0.15, 0.2) is 0 Å². The summed E-state index contributed by atoms with van der Waals surface area (Å²) < 4.78 is 0. The van der Waals surface area contributed by atoms with Crippen LogP contribution in [-0.4, -0.2) is 18.1 Å². The number of anilines is 2. The van der Waals surface area contributed by atoms with E-state index in [1.807, 2.05) is 12.3 Å². The lowest BCUT2D eigenvalue weighted by Crippen LogP contribution is -2.18. The zero-order valence-electron chi connectivity index (χ0n) is 8.59. The first-order valence-electron chi connectivity index (χ1n) is 5.33. The van der Waals surface area contributed by atoms with Crippen LogP contribution in [0.25, 0.3) is 0 Å². The van der Waals surface area contributed by atoms with Crippen LogP contribution in [0.1, 0.15) is 19.8 Å². The highest BCUT2D eigenvalue weighted by Crippen LogP contribution is 2.22. The molecule has 2 heterocycles. The van der Waals surface area contributed by atoms with Crippen molar-refractivity contribution in [3.8, 4) is 0 Å². The molecule has 1 unspecified atom stereocenters. The molecule has 1 aliphatic rings. The minimum Gasteiger partial charge on any atom is -0.382 e. The Morgan fingerprint density at radius 3 is 3.14 bits per heavy atom. The SMILES string of the molecule is CCCC1CNc2cccnc2NC1. The number of pyridine rings is 1. The molecule has 1 aromatic heterocycles. The molecule has 0 radical (unpaired) electrons. The normalized spacial score (nSPS) is 20.2. The molecule has 0 fully saturated rings. The Hall–Kier alpha value is -1.25. The average Bonchev–Trinajstić information content (AvgIpc) is 2.42. The van der Waals surface area contributed by atoms with E-state index in [0.717, 1.165) is 24.6 Å². The van der Waals surface area contributed by atoms with E-state index < -0.39 is 0 Å². The van der Waals surface area contributed by atoms with E-state index in [1.54, 1.807) is 0 Å². The van der Waals surface area contributed by atoms with Crippen LogP contribution in [0.4, 0.5) is 11.5 Å². The molecule has 3 heteroatoms. The van der Waals surface area contributed by atoms with Crippen LogP contribution in [0.5, 0.6) is 0 Å². The minimum atomic E-state index is 0.717. The van der Waals surface area contributed by atoms with E-state index in [-0.39, 0.29) is 0 Å². The number of hydrogen-bond donors (Lipinski definition) is 2. The van der Waals surface area contributed by atoms with Crippen molar-refractivity contribution >= 4 is 11.5 Å². The van der Waals surface area contributed by atoms with E-state index in [1.165, 1.54) is 12.8 Å². The van der Waals surface area contributed by atoms with Gasteiger partial charge in [-0.3, -0.25) is 0 Å².